The molecular formula is C17H20FN5O3. The summed E-state index contributed by atoms with van der Waals surface area (Å²) in [6, 6.07) is 5.61. The number of rotatable bonds is 4. The molecule has 1 aliphatic rings. The number of ether oxygens (including phenoxy) is 1. The SMILES string of the molecule is Cc1cc(F)ccc1OC1(C(=O)O)CCN(c2cc(N)nc(N)n2)CC1. The van der Waals surface area contributed by atoms with Crippen molar-refractivity contribution >= 4 is 23.6 Å². The highest BCUT2D eigenvalue weighted by atomic mass is 19.1. The van der Waals surface area contributed by atoms with Crippen LogP contribution in [0.1, 0.15) is 18.4 Å². The van der Waals surface area contributed by atoms with Crippen LogP contribution in [-0.4, -0.2) is 39.7 Å². The highest BCUT2D eigenvalue weighted by molar-refractivity contribution is 5.78. The first-order valence-electron chi connectivity index (χ1n) is 8.13. The van der Waals surface area contributed by atoms with Gasteiger partial charge >= 0.3 is 5.97 Å². The van der Waals surface area contributed by atoms with Gasteiger partial charge < -0.3 is 26.2 Å². The van der Waals surface area contributed by atoms with Crippen LogP contribution in [0.25, 0.3) is 0 Å². The van der Waals surface area contributed by atoms with E-state index in [1.807, 2.05) is 4.90 Å². The monoisotopic (exact) mass is 361 g/mol. The molecule has 1 saturated heterocycles. The second-order valence-electron chi connectivity index (χ2n) is 6.31. The number of benzene rings is 1. The number of anilines is 3. The molecule has 1 aromatic carbocycles. The molecule has 2 aromatic rings. The molecule has 1 aromatic heterocycles. The molecule has 138 valence electrons. The first-order valence-corrected chi connectivity index (χ1v) is 8.13. The fraction of sp³-hybridized carbons (Fsp3) is 0.353. The van der Waals surface area contributed by atoms with Gasteiger partial charge in [-0.1, -0.05) is 0 Å². The maximum Gasteiger partial charge on any atom is 0.348 e. The Labute approximate surface area is 149 Å². The normalized spacial score (nSPS) is 16.3. The Bertz CT molecular complexity index is 817. The standard InChI is InChI=1S/C17H20FN5O3/c1-10-8-11(18)2-3-12(10)26-17(15(24)25)4-6-23(7-5-17)14-9-13(19)21-16(20)22-14/h2-3,8-9H,4-7H2,1H3,(H,24,25)(H4,19,20,21,22). The molecule has 1 fully saturated rings. The lowest BCUT2D eigenvalue weighted by Gasteiger charge is -2.39. The molecular weight excluding hydrogens is 341 g/mol. The van der Waals surface area contributed by atoms with E-state index in [9.17, 15) is 14.3 Å². The Balaban J connectivity index is 1.79. The highest BCUT2D eigenvalue weighted by Crippen LogP contribution is 2.33. The van der Waals surface area contributed by atoms with Crippen LogP contribution in [0, 0.1) is 12.7 Å². The Morgan fingerprint density at radius 1 is 1.27 bits per heavy atom. The molecule has 0 saturated carbocycles. The second-order valence-corrected chi connectivity index (χ2v) is 6.31. The van der Waals surface area contributed by atoms with Crippen molar-refractivity contribution in [1.29, 1.82) is 0 Å². The molecule has 1 aliphatic heterocycles. The molecule has 2 heterocycles. The fourth-order valence-electron chi connectivity index (χ4n) is 3.03. The Hall–Kier alpha value is -3.10. The molecule has 0 spiro atoms. The van der Waals surface area contributed by atoms with E-state index in [0.29, 0.717) is 30.2 Å². The van der Waals surface area contributed by atoms with E-state index in [0.717, 1.165) is 0 Å². The first kappa shape index (κ1) is 17.7. The van der Waals surface area contributed by atoms with E-state index in [1.54, 1.807) is 13.0 Å². The van der Waals surface area contributed by atoms with E-state index in [4.69, 9.17) is 16.2 Å². The predicted molar refractivity (Wildman–Crippen MR) is 94.4 cm³/mol. The third-order valence-corrected chi connectivity index (χ3v) is 4.48. The van der Waals surface area contributed by atoms with Crippen molar-refractivity contribution in [1.82, 2.24) is 9.97 Å². The predicted octanol–water partition coefficient (Wildman–Crippen LogP) is 1.59. The number of aryl methyl sites for hydroxylation is 1. The van der Waals surface area contributed by atoms with Crippen molar-refractivity contribution in [3.8, 4) is 5.75 Å². The number of nitrogens with zero attached hydrogens (tertiary/aromatic N) is 3. The molecule has 3 rings (SSSR count). The lowest BCUT2D eigenvalue weighted by molar-refractivity contribution is -0.157. The largest absolute Gasteiger partial charge is 0.478 e. The molecule has 0 bridgehead atoms. The van der Waals surface area contributed by atoms with E-state index in [1.165, 1.54) is 18.2 Å². The lowest BCUT2D eigenvalue weighted by Crippen LogP contribution is -2.53. The van der Waals surface area contributed by atoms with E-state index in [2.05, 4.69) is 9.97 Å². The van der Waals surface area contributed by atoms with Crippen molar-refractivity contribution in [3.63, 3.8) is 0 Å². The van der Waals surface area contributed by atoms with Crippen molar-refractivity contribution in [2.75, 3.05) is 29.5 Å². The van der Waals surface area contributed by atoms with Crippen LogP contribution < -0.4 is 21.1 Å². The minimum atomic E-state index is -1.39. The number of carboxylic acid groups (broad SMARTS) is 1. The van der Waals surface area contributed by atoms with Crippen LogP contribution in [0.15, 0.2) is 24.3 Å². The van der Waals surface area contributed by atoms with Gasteiger partial charge in [-0.15, -0.1) is 0 Å². The number of nitrogen functional groups attached to an aromatic ring is 2. The minimum Gasteiger partial charge on any atom is -0.478 e. The molecule has 0 unspecified atom stereocenters. The first-order chi connectivity index (χ1) is 12.3. The Morgan fingerprint density at radius 3 is 2.54 bits per heavy atom. The van der Waals surface area contributed by atoms with Crippen molar-refractivity contribution in [2.45, 2.75) is 25.4 Å². The molecule has 0 aliphatic carbocycles. The zero-order valence-corrected chi connectivity index (χ0v) is 14.3. The molecule has 9 heteroatoms. The van der Waals surface area contributed by atoms with Gasteiger partial charge in [-0.3, -0.25) is 0 Å². The summed E-state index contributed by atoms with van der Waals surface area (Å²) in [6.07, 6.45) is 0.450. The highest BCUT2D eigenvalue weighted by Gasteiger charge is 2.44. The van der Waals surface area contributed by atoms with Crippen molar-refractivity contribution in [3.05, 3.63) is 35.6 Å². The summed E-state index contributed by atoms with van der Waals surface area (Å²) >= 11 is 0. The number of carbonyl (C=O) groups is 1. The number of hydrogen-bond acceptors (Lipinski definition) is 7. The van der Waals surface area contributed by atoms with Crippen molar-refractivity contribution in [2.24, 2.45) is 0 Å². The van der Waals surface area contributed by atoms with E-state index < -0.39 is 17.4 Å². The van der Waals surface area contributed by atoms with Gasteiger partial charge in [0.05, 0.1) is 0 Å². The van der Waals surface area contributed by atoms with Gasteiger partial charge in [0.15, 0.2) is 0 Å². The molecule has 5 N–H and O–H groups in total. The van der Waals surface area contributed by atoms with Gasteiger partial charge in [-0.25, -0.2) is 9.18 Å². The number of hydrogen-bond donors (Lipinski definition) is 3. The maximum absolute atomic E-state index is 13.3. The van der Waals surface area contributed by atoms with Crippen LogP contribution in [0.4, 0.5) is 22.0 Å². The maximum atomic E-state index is 13.3. The van der Waals surface area contributed by atoms with Gasteiger partial charge in [0.2, 0.25) is 11.5 Å². The van der Waals surface area contributed by atoms with E-state index >= 15 is 0 Å². The third kappa shape index (κ3) is 3.46. The summed E-state index contributed by atoms with van der Waals surface area (Å²) in [5.41, 5.74) is 10.5. The fourth-order valence-corrected chi connectivity index (χ4v) is 3.03. The second kappa shape index (κ2) is 6.66. The molecule has 0 radical (unpaired) electrons. The Morgan fingerprint density at radius 2 is 1.96 bits per heavy atom. The van der Waals surface area contributed by atoms with Gasteiger partial charge in [0, 0.05) is 32.0 Å². The van der Waals surface area contributed by atoms with Crippen LogP contribution in [0.2, 0.25) is 0 Å². The molecule has 0 amide bonds. The van der Waals surface area contributed by atoms with Crippen molar-refractivity contribution < 1.29 is 19.0 Å². The quantitative estimate of drug-likeness (QED) is 0.749. The third-order valence-electron chi connectivity index (χ3n) is 4.48. The number of halogens is 1. The van der Waals surface area contributed by atoms with E-state index in [-0.39, 0.29) is 24.6 Å². The van der Waals surface area contributed by atoms with Gasteiger partial charge in [-0.05, 0) is 30.7 Å². The molecule has 8 nitrogen and oxygen atoms in total. The number of nitrogens with two attached hydrogens (primary N) is 2. The summed E-state index contributed by atoms with van der Waals surface area (Å²) in [4.78, 5) is 21.8. The number of aromatic nitrogens is 2. The van der Waals surface area contributed by atoms with Crippen LogP contribution in [0.5, 0.6) is 5.75 Å². The summed E-state index contributed by atoms with van der Waals surface area (Å²) in [7, 11) is 0. The number of carboxylic acids is 1. The summed E-state index contributed by atoms with van der Waals surface area (Å²) in [5, 5.41) is 9.76. The Kier molecular flexibility index (Phi) is 4.54. The van der Waals surface area contributed by atoms with Gasteiger partial charge in [0.1, 0.15) is 23.2 Å². The van der Waals surface area contributed by atoms with Crippen LogP contribution in [0.3, 0.4) is 0 Å². The minimum absolute atomic E-state index is 0.0632. The zero-order valence-electron chi connectivity index (χ0n) is 14.3. The zero-order chi connectivity index (χ0) is 18.9. The van der Waals surface area contributed by atoms with Crippen LogP contribution in [-0.2, 0) is 4.79 Å². The smallest absolute Gasteiger partial charge is 0.348 e. The van der Waals surface area contributed by atoms with Gasteiger partial charge in [0.25, 0.3) is 0 Å². The number of piperidine rings is 1. The average molecular weight is 361 g/mol. The molecule has 0 atom stereocenters. The van der Waals surface area contributed by atoms with Crippen LogP contribution >= 0.6 is 0 Å². The topological polar surface area (TPSA) is 128 Å². The average Bonchev–Trinajstić information content (AvgIpc) is 2.57. The summed E-state index contributed by atoms with van der Waals surface area (Å²) in [6.45, 7) is 2.46. The molecule has 26 heavy (non-hydrogen) atoms. The van der Waals surface area contributed by atoms with Gasteiger partial charge in [-0.2, -0.15) is 9.97 Å². The summed E-state index contributed by atoms with van der Waals surface area (Å²) in [5.74, 6) is -0.227. The number of aliphatic carboxylic acids is 1. The summed E-state index contributed by atoms with van der Waals surface area (Å²) < 4.78 is 19.1. The lowest BCUT2D eigenvalue weighted by atomic mass is 9.91.